The lowest BCUT2D eigenvalue weighted by atomic mass is 10.2. The van der Waals surface area contributed by atoms with Gasteiger partial charge in [-0.05, 0) is 34.1 Å². The Labute approximate surface area is 106 Å². The number of benzene rings is 1. The van der Waals surface area contributed by atoms with Crippen LogP contribution >= 0.6 is 15.9 Å². The molecule has 0 radical (unpaired) electrons. The molecular weight excluding hydrogens is 284 g/mol. The Morgan fingerprint density at radius 3 is 2.76 bits per heavy atom. The third-order valence-electron chi connectivity index (χ3n) is 2.17. The topological polar surface area (TPSA) is 62.2 Å². The number of rotatable bonds is 2. The molecule has 0 aliphatic heterocycles. The summed E-state index contributed by atoms with van der Waals surface area (Å²) in [5.41, 5.74) is 0.837. The summed E-state index contributed by atoms with van der Waals surface area (Å²) in [4.78, 5) is 15.6. The maximum Gasteiger partial charge on any atom is 0.259 e. The Balaban J connectivity index is 2.24. The molecule has 17 heavy (non-hydrogen) atoms. The molecular formula is C12H9BrN2O2. The molecule has 2 aromatic rings. The second-order valence-corrected chi connectivity index (χ2v) is 4.18. The summed E-state index contributed by atoms with van der Waals surface area (Å²) in [5.74, 6) is -0.520. The molecule has 0 spiro atoms. The van der Waals surface area contributed by atoms with E-state index in [9.17, 15) is 9.90 Å². The molecule has 0 unspecified atom stereocenters. The zero-order valence-electron chi connectivity index (χ0n) is 8.72. The molecule has 0 saturated carbocycles. The van der Waals surface area contributed by atoms with Crippen molar-refractivity contribution in [3.05, 3.63) is 52.8 Å². The Hall–Kier alpha value is -1.88. The highest BCUT2D eigenvalue weighted by Crippen LogP contribution is 2.23. The van der Waals surface area contributed by atoms with Gasteiger partial charge in [0.25, 0.3) is 5.91 Å². The lowest BCUT2D eigenvalue weighted by Gasteiger charge is -2.07. The van der Waals surface area contributed by atoms with Gasteiger partial charge in [-0.15, -0.1) is 0 Å². The van der Waals surface area contributed by atoms with Gasteiger partial charge in [0, 0.05) is 10.7 Å². The van der Waals surface area contributed by atoms with Gasteiger partial charge in [0.1, 0.15) is 5.75 Å². The van der Waals surface area contributed by atoms with E-state index in [1.54, 1.807) is 6.07 Å². The van der Waals surface area contributed by atoms with Crippen molar-refractivity contribution in [2.45, 2.75) is 0 Å². The minimum Gasteiger partial charge on any atom is -0.505 e. The van der Waals surface area contributed by atoms with Gasteiger partial charge in [0.15, 0.2) is 0 Å². The quantitative estimate of drug-likeness (QED) is 0.895. The van der Waals surface area contributed by atoms with Crippen LogP contribution in [0.25, 0.3) is 0 Å². The zero-order chi connectivity index (χ0) is 12.3. The van der Waals surface area contributed by atoms with E-state index in [2.05, 4.69) is 26.2 Å². The van der Waals surface area contributed by atoms with Crippen molar-refractivity contribution in [1.29, 1.82) is 0 Å². The van der Waals surface area contributed by atoms with Gasteiger partial charge in [-0.3, -0.25) is 9.78 Å². The minimum atomic E-state index is -0.378. The van der Waals surface area contributed by atoms with Crippen molar-refractivity contribution in [2.24, 2.45) is 0 Å². The Morgan fingerprint density at radius 2 is 2.06 bits per heavy atom. The van der Waals surface area contributed by atoms with Gasteiger partial charge in [-0.2, -0.15) is 0 Å². The van der Waals surface area contributed by atoms with Gasteiger partial charge in [-0.1, -0.05) is 12.1 Å². The SMILES string of the molecule is O=C(Nc1ccccc1Br)c1ccncc1O. The second-order valence-electron chi connectivity index (χ2n) is 3.33. The lowest BCUT2D eigenvalue weighted by molar-refractivity contribution is 0.102. The van der Waals surface area contributed by atoms with Gasteiger partial charge in [-0.25, -0.2) is 0 Å². The summed E-state index contributed by atoms with van der Waals surface area (Å²) in [6.45, 7) is 0. The molecule has 1 aromatic carbocycles. The van der Waals surface area contributed by atoms with E-state index in [-0.39, 0.29) is 17.2 Å². The molecule has 0 atom stereocenters. The minimum absolute atomic E-state index is 0.142. The first-order chi connectivity index (χ1) is 8.18. The highest BCUT2D eigenvalue weighted by atomic mass is 79.9. The number of hydrogen-bond acceptors (Lipinski definition) is 3. The largest absolute Gasteiger partial charge is 0.505 e. The lowest BCUT2D eigenvalue weighted by Crippen LogP contribution is -2.12. The van der Waals surface area contributed by atoms with E-state index in [0.29, 0.717) is 5.69 Å². The first-order valence-corrected chi connectivity index (χ1v) is 5.66. The molecule has 1 heterocycles. The fraction of sp³-hybridized carbons (Fsp3) is 0. The third-order valence-corrected chi connectivity index (χ3v) is 2.86. The molecule has 2 rings (SSSR count). The Morgan fingerprint density at radius 1 is 1.29 bits per heavy atom. The van der Waals surface area contributed by atoms with Gasteiger partial charge in [0.2, 0.25) is 0 Å². The number of amides is 1. The molecule has 0 aliphatic carbocycles. The fourth-order valence-electron chi connectivity index (χ4n) is 1.33. The molecule has 0 saturated heterocycles. The van der Waals surface area contributed by atoms with E-state index in [1.165, 1.54) is 18.5 Å². The van der Waals surface area contributed by atoms with Crippen LogP contribution in [-0.2, 0) is 0 Å². The summed E-state index contributed by atoms with van der Waals surface area (Å²) in [6.07, 6.45) is 2.68. The molecule has 0 aliphatic rings. The monoisotopic (exact) mass is 292 g/mol. The number of nitrogens with one attached hydrogen (secondary N) is 1. The van der Waals surface area contributed by atoms with Gasteiger partial charge < -0.3 is 10.4 Å². The molecule has 2 N–H and O–H groups in total. The van der Waals surface area contributed by atoms with Crippen molar-refractivity contribution in [1.82, 2.24) is 4.98 Å². The van der Waals surface area contributed by atoms with Crippen molar-refractivity contribution in [3.63, 3.8) is 0 Å². The predicted molar refractivity (Wildman–Crippen MR) is 68.0 cm³/mol. The maximum atomic E-state index is 11.9. The Kier molecular flexibility index (Phi) is 3.39. The first kappa shape index (κ1) is 11.6. The van der Waals surface area contributed by atoms with E-state index >= 15 is 0 Å². The number of nitrogens with zero attached hydrogens (tertiary/aromatic N) is 1. The van der Waals surface area contributed by atoms with Crippen LogP contribution in [0.3, 0.4) is 0 Å². The molecule has 0 bridgehead atoms. The molecule has 0 fully saturated rings. The van der Waals surface area contributed by atoms with Crippen LogP contribution in [0.1, 0.15) is 10.4 Å². The van der Waals surface area contributed by atoms with Crippen LogP contribution in [0.2, 0.25) is 0 Å². The fourth-order valence-corrected chi connectivity index (χ4v) is 1.71. The summed E-state index contributed by atoms with van der Waals surface area (Å²) in [6, 6.07) is 8.71. The number of anilines is 1. The number of halogens is 1. The van der Waals surface area contributed by atoms with Crippen LogP contribution in [0, 0.1) is 0 Å². The van der Waals surface area contributed by atoms with Crippen molar-refractivity contribution in [3.8, 4) is 5.75 Å². The first-order valence-electron chi connectivity index (χ1n) is 4.87. The maximum absolute atomic E-state index is 11.9. The highest BCUT2D eigenvalue weighted by molar-refractivity contribution is 9.10. The van der Waals surface area contributed by atoms with Crippen molar-refractivity contribution >= 4 is 27.5 Å². The predicted octanol–water partition coefficient (Wildman–Crippen LogP) is 2.80. The van der Waals surface area contributed by atoms with E-state index in [4.69, 9.17) is 0 Å². The van der Waals surface area contributed by atoms with Crippen LogP contribution in [0.4, 0.5) is 5.69 Å². The molecule has 5 heteroatoms. The molecule has 4 nitrogen and oxygen atoms in total. The van der Waals surface area contributed by atoms with Crippen LogP contribution in [-0.4, -0.2) is 16.0 Å². The normalized spacial score (nSPS) is 9.94. The summed E-state index contributed by atoms with van der Waals surface area (Å²) in [7, 11) is 0. The third kappa shape index (κ3) is 2.62. The van der Waals surface area contributed by atoms with Gasteiger partial charge >= 0.3 is 0 Å². The van der Waals surface area contributed by atoms with Crippen LogP contribution < -0.4 is 5.32 Å². The molecule has 1 amide bonds. The smallest absolute Gasteiger partial charge is 0.259 e. The number of aromatic nitrogens is 1. The average molecular weight is 293 g/mol. The van der Waals surface area contributed by atoms with E-state index in [0.717, 1.165) is 4.47 Å². The van der Waals surface area contributed by atoms with E-state index < -0.39 is 0 Å². The van der Waals surface area contributed by atoms with Crippen LogP contribution in [0.5, 0.6) is 5.75 Å². The summed E-state index contributed by atoms with van der Waals surface area (Å²) in [5, 5.41) is 12.2. The summed E-state index contributed by atoms with van der Waals surface area (Å²) >= 11 is 3.33. The van der Waals surface area contributed by atoms with Gasteiger partial charge in [0.05, 0.1) is 17.4 Å². The highest BCUT2D eigenvalue weighted by Gasteiger charge is 2.11. The molecule has 1 aromatic heterocycles. The van der Waals surface area contributed by atoms with Crippen LogP contribution in [0.15, 0.2) is 47.2 Å². The number of carbonyl (C=O) groups is 1. The van der Waals surface area contributed by atoms with Crippen molar-refractivity contribution in [2.75, 3.05) is 5.32 Å². The van der Waals surface area contributed by atoms with Crippen molar-refractivity contribution < 1.29 is 9.90 Å². The number of para-hydroxylation sites is 1. The average Bonchev–Trinajstić information content (AvgIpc) is 2.32. The molecule has 86 valence electrons. The van der Waals surface area contributed by atoms with E-state index in [1.807, 2.05) is 18.2 Å². The number of pyridine rings is 1. The number of aromatic hydroxyl groups is 1. The number of carbonyl (C=O) groups excluding carboxylic acids is 1. The Bertz CT molecular complexity index is 558. The second kappa shape index (κ2) is 4.97. The zero-order valence-corrected chi connectivity index (χ0v) is 10.3. The number of hydrogen-bond donors (Lipinski definition) is 2. The standard InChI is InChI=1S/C12H9BrN2O2/c13-9-3-1-2-4-10(9)15-12(17)8-5-6-14-7-11(8)16/h1-7,16H,(H,15,17). The summed E-state index contributed by atoms with van der Waals surface area (Å²) < 4.78 is 0.780.